The minimum atomic E-state index is -0.949. The van der Waals surface area contributed by atoms with Crippen LogP contribution < -0.4 is 0 Å². The van der Waals surface area contributed by atoms with Crippen molar-refractivity contribution in [3.05, 3.63) is 72.6 Å². The van der Waals surface area contributed by atoms with Crippen LogP contribution in [-0.2, 0) is 0 Å². The average Bonchev–Trinajstić information content (AvgIpc) is 3.25. The Morgan fingerprint density at radius 2 is 1.38 bits per heavy atom. The zero-order valence-corrected chi connectivity index (χ0v) is 18.4. The van der Waals surface area contributed by atoms with Crippen molar-refractivity contribution in [3.8, 4) is 11.1 Å². The molecule has 0 N–H and O–H groups in total. The van der Waals surface area contributed by atoms with Crippen molar-refractivity contribution in [2.24, 2.45) is 0 Å². The highest BCUT2D eigenvalue weighted by Crippen LogP contribution is 2.75. The summed E-state index contributed by atoms with van der Waals surface area (Å²) >= 11 is 4.06. The lowest BCUT2D eigenvalue weighted by molar-refractivity contribution is 1.10. The van der Waals surface area contributed by atoms with Crippen LogP contribution in [0.4, 0.5) is 0 Å². The van der Waals surface area contributed by atoms with Gasteiger partial charge in [0.25, 0.3) is 0 Å². The highest BCUT2D eigenvalue weighted by Gasteiger charge is 2.45. The SMILES string of the molecule is CC1=Cc2ccccc2C1S(C)(C)C1c2sc(C)cc2-c2cc(C)sc21. The smallest absolute Gasteiger partial charge is 0.0596 e. The third kappa shape index (κ3) is 2.20. The summed E-state index contributed by atoms with van der Waals surface area (Å²) in [6.45, 7) is 6.87. The predicted molar refractivity (Wildman–Crippen MR) is 121 cm³/mol. The van der Waals surface area contributed by atoms with Gasteiger partial charge >= 0.3 is 0 Å². The van der Waals surface area contributed by atoms with Gasteiger partial charge in [0.1, 0.15) is 0 Å². The molecular formula is C23H24S3. The van der Waals surface area contributed by atoms with Crippen LogP contribution in [0.2, 0.25) is 0 Å². The van der Waals surface area contributed by atoms with Crippen LogP contribution in [0.3, 0.4) is 0 Å². The first-order valence-electron chi connectivity index (χ1n) is 9.07. The van der Waals surface area contributed by atoms with Crippen LogP contribution in [0.1, 0.15) is 48.1 Å². The first kappa shape index (κ1) is 16.9. The molecule has 3 aromatic rings. The summed E-state index contributed by atoms with van der Waals surface area (Å²) < 4.78 is 0. The molecule has 0 bridgehead atoms. The maximum Gasteiger partial charge on any atom is 0.0596 e. The Kier molecular flexibility index (Phi) is 3.63. The monoisotopic (exact) mass is 396 g/mol. The van der Waals surface area contributed by atoms with Crippen LogP contribution in [-0.4, -0.2) is 12.5 Å². The lowest BCUT2D eigenvalue weighted by Gasteiger charge is -2.44. The molecule has 0 amide bonds. The second-order valence-corrected chi connectivity index (χ2v) is 14.5. The Balaban J connectivity index is 1.71. The van der Waals surface area contributed by atoms with Gasteiger partial charge in [-0.3, -0.25) is 0 Å². The summed E-state index contributed by atoms with van der Waals surface area (Å²) in [6.07, 6.45) is 7.57. The Morgan fingerprint density at radius 1 is 0.808 bits per heavy atom. The molecule has 5 rings (SSSR count). The first-order chi connectivity index (χ1) is 12.4. The number of hydrogen-bond donors (Lipinski definition) is 0. The van der Waals surface area contributed by atoms with E-state index in [4.69, 9.17) is 0 Å². The van der Waals surface area contributed by atoms with Crippen LogP contribution >= 0.6 is 32.7 Å². The van der Waals surface area contributed by atoms with E-state index in [9.17, 15) is 0 Å². The quantitative estimate of drug-likeness (QED) is 0.416. The van der Waals surface area contributed by atoms with E-state index in [1.807, 2.05) is 22.7 Å². The molecule has 0 saturated carbocycles. The highest BCUT2D eigenvalue weighted by molar-refractivity contribution is 8.33. The van der Waals surface area contributed by atoms with E-state index in [1.54, 1.807) is 20.9 Å². The summed E-state index contributed by atoms with van der Waals surface area (Å²) in [6, 6.07) is 13.9. The number of aryl methyl sites for hydroxylation is 2. The fourth-order valence-electron chi connectivity index (χ4n) is 4.94. The number of hydrogen-bond acceptors (Lipinski definition) is 2. The van der Waals surface area contributed by atoms with E-state index in [-0.39, 0.29) is 0 Å². The van der Waals surface area contributed by atoms with Crippen molar-refractivity contribution in [2.45, 2.75) is 31.3 Å². The van der Waals surface area contributed by atoms with Gasteiger partial charge in [-0.2, -0.15) is 0 Å². The number of fused-ring (bicyclic) bond motifs is 4. The van der Waals surface area contributed by atoms with Crippen LogP contribution in [0.25, 0.3) is 17.2 Å². The van der Waals surface area contributed by atoms with Gasteiger partial charge in [-0.15, -0.1) is 22.7 Å². The molecule has 2 aliphatic rings. The van der Waals surface area contributed by atoms with Crippen molar-refractivity contribution in [2.75, 3.05) is 12.5 Å². The Bertz CT molecular complexity index is 1010. The Hall–Kier alpha value is -1.29. The molecule has 0 fully saturated rings. The zero-order chi connectivity index (χ0) is 18.2. The Morgan fingerprint density at radius 3 is 2.00 bits per heavy atom. The van der Waals surface area contributed by atoms with Crippen LogP contribution in [0, 0.1) is 13.8 Å². The van der Waals surface area contributed by atoms with Gasteiger partial charge in [-0.25, -0.2) is 10.0 Å². The van der Waals surface area contributed by atoms with E-state index in [0.717, 1.165) is 0 Å². The highest BCUT2D eigenvalue weighted by atomic mass is 32.3. The molecule has 2 aromatic heterocycles. The molecule has 0 aliphatic heterocycles. The fourth-order valence-corrected chi connectivity index (χ4v) is 12.4. The molecule has 0 radical (unpaired) electrons. The lowest BCUT2D eigenvalue weighted by atomic mass is 10.1. The standard InChI is InChI=1S/C23H24S3/c1-13-10-16-8-6-7-9-17(16)22(13)26(4,5)23-20-18(11-14(2)24-20)19-12-15(3)25-21(19)23/h6-12,22-23H,1-5H3. The second kappa shape index (κ2) is 5.60. The molecule has 0 nitrogen and oxygen atoms in total. The van der Waals surface area contributed by atoms with Crippen molar-refractivity contribution in [1.29, 1.82) is 0 Å². The maximum atomic E-state index is 2.57. The average molecular weight is 397 g/mol. The predicted octanol–water partition coefficient (Wildman–Crippen LogP) is 7.72. The topological polar surface area (TPSA) is 0 Å². The summed E-state index contributed by atoms with van der Waals surface area (Å²) in [4.78, 5) is 6.15. The number of thiophene rings is 2. The number of rotatable bonds is 2. The molecule has 0 saturated heterocycles. The molecule has 1 aromatic carbocycles. The molecular weight excluding hydrogens is 372 g/mol. The fraction of sp³-hybridized carbons (Fsp3) is 0.304. The molecule has 2 aliphatic carbocycles. The van der Waals surface area contributed by atoms with Gasteiger partial charge in [0.2, 0.25) is 0 Å². The summed E-state index contributed by atoms with van der Waals surface area (Å²) in [5, 5.41) is 1.14. The van der Waals surface area contributed by atoms with Gasteiger partial charge < -0.3 is 0 Å². The third-order valence-electron chi connectivity index (χ3n) is 5.82. The molecule has 0 spiro atoms. The van der Waals surface area contributed by atoms with Crippen molar-refractivity contribution in [3.63, 3.8) is 0 Å². The van der Waals surface area contributed by atoms with E-state index in [2.05, 4.69) is 75.8 Å². The van der Waals surface area contributed by atoms with Crippen molar-refractivity contribution < 1.29 is 0 Å². The normalized spacial score (nSPS) is 19.3. The molecule has 2 heterocycles. The van der Waals surface area contributed by atoms with Gasteiger partial charge in [-0.05, 0) is 67.7 Å². The molecule has 3 heteroatoms. The van der Waals surface area contributed by atoms with Crippen LogP contribution in [0.5, 0.6) is 0 Å². The first-order valence-corrected chi connectivity index (χ1v) is 13.3. The Labute approximate surface area is 165 Å². The van der Waals surface area contributed by atoms with Gasteiger partial charge in [0, 0.05) is 24.8 Å². The van der Waals surface area contributed by atoms with E-state index in [0.29, 0.717) is 10.5 Å². The van der Waals surface area contributed by atoms with Crippen molar-refractivity contribution >= 4 is 38.8 Å². The lowest BCUT2D eigenvalue weighted by Crippen LogP contribution is -2.15. The van der Waals surface area contributed by atoms with Crippen molar-refractivity contribution in [1.82, 2.24) is 0 Å². The zero-order valence-electron chi connectivity index (χ0n) is 15.9. The largest absolute Gasteiger partial charge is 0.224 e. The van der Waals surface area contributed by atoms with Gasteiger partial charge in [-0.1, -0.05) is 35.9 Å². The molecule has 26 heavy (non-hydrogen) atoms. The molecule has 1 atom stereocenters. The maximum absolute atomic E-state index is 2.57. The van der Waals surface area contributed by atoms with E-state index < -0.39 is 10.0 Å². The second-order valence-electron chi connectivity index (χ2n) is 8.03. The van der Waals surface area contributed by atoms with E-state index >= 15 is 0 Å². The molecule has 1 unspecified atom stereocenters. The summed E-state index contributed by atoms with van der Waals surface area (Å²) in [5.74, 6) is 0. The van der Waals surface area contributed by atoms with E-state index in [1.165, 1.54) is 26.4 Å². The number of benzene rings is 1. The summed E-state index contributed by atoms with van der Waals surface area (Å²) in [7, 11) is -0.949. The molecule has 134 valence electrons. The summed E-state index contributed by atoms with van der Waals surface area (Å²) in [5.41, 5.74) is 7.55. The van der Waals surface area contributed by atoms with Crippen LogP contribution in [0.15, 0.2) is 42.0 Å². The third-order valence-corrected chi connectivity index (χ3v) is 11.9. The van der Waals surface area contributed by atoms with Gasteiger partial charge in [0.05, 0.1) is 5.25 Å². The minimum absolute atomic E-state index is 0.562. The minimum Gasteiger partial charge on any atom is -0.224 e. The van der Waals surface area contributed by atoms with Gasteiger partial charge in [0.15, 0.2) is 0 Å².